The Labute approximate surface area is 113 Å². The fourth-order valence-corrected chi connectivity index (χ4v) is 2.92. The number of carbonyl (C=O) groups excluding carboxylic acids is 1. The molecule has 2 N–H and O–H groups in total. The van der Waals surface area contributed by atoms with Crippen molar-refractivity contribution < 1.29 is 9.53 Å². The summed E-state index contributed by atoms with van der Waals surface area (Å²) >= 11 is 0. The number of nitrogens with two attached hydrogens (primary N) is 1. The van der Waals surface area contributed by atoms with Crippen LogP contribution in [0.3, 0.4) is 0 Å². The van der Waals surface area contributed by atoms with Crippen molar-refractivity contribution in [2.45, 2.75) is 31.2 Å². The molecule has 4 nitrogen and oxygen atoms in total. The highest BCUT2D eigenvalue weighted by molar-refractivity contribution is 6.01. The van der Waals surface area contributed by atoms with E-state index in [0.29, 0.717) is 19.6 Å². The predicted molar refractivity (Wildman–Crippen MR) is 74.1 cm³/mol. The fraction of sp³-hybridized carbons (Fsp3) is 0.533. The summed E-state index contributed by atoms with van der Waals surface area (Å²) < 4.78 is 5.32. The topological polar surface area (TPSA) is 55.6 Å². The van der Waals surface area contributed by atoms with Crippen LogP contribution in [0.1, 0.15) is 24.8 Å². The van der Waals surface area contributed by atoms with Crippen molar-refractivity contribution in [1.82, 2.24) is 0 Å². The quantitative estimate of drug-likeness (QED) is 0.832. The molecule has 102 valence electrons. The van der Waals surface area contributed by atoms with E-state index in [-0.39, 0.29) is 5.91 Å². The van der Waals surface area contributed by atoms with Crippen LogP contribution in [-0.4, -0.2) is 31.2 Å². The molecular formula is C15H20N2O2. The van der Waals surface area contributed by atoms with Crippen molar-refractivity contribution in [2.75, 3.05) is 24.7 Å². The molecule has 2 aliphatic rings. The molecule has 1 saturated heterocycles. The Bertz CT molecular complexity index is 481. The van der Waals surface area contributed by atoms with Crippen molar-refractivity contribution in [3.63, 3.8) is 0 Å². The lowest BCUT2D eigenvalue weighted by Crippen LogP contribution is -2.56. The summed E-state index contributed by atoms with van der Waals surface area (Å²) in [5, 5.41) is 0. The molecule has 1 atom stereocenters. The highest BCUT2D eigenvalue weighted by atomic mass is 16.5. The monoisotopic (exact) mass is 260 g/mol. The summed E-state index contributed by atoms with van der Waals surface area (Å²) in [6.07, 6.45) is 3.80. The van der Waals surface area contributed by atoms with Gasteiger partial charge in [-0.3, -0.25) is 4.79 Å². The highest BCUT2D eigenvalue weighted by Crippen LogP contribution is 2.29. The van der Waals surface area contributed by atoms with Gasteiger partial charge in [0.25, 0.3) is 0 Å². The van der Waals surface area contributed by atoms with Crippen molar-refractivity contribution >= 4 is 11.6 Å². The van der Waals surface area contributed by atoms with Gasteiger partial charge in [-0.25, -0.2) is 0 Å². The second kappa shape index (κ2) is 4.94. The van der Waals surface area contributed by atoms with E-state index in [9.17, 15) is 4.79 Å². The van der Waals surface area contributed by atoms with Crippen LogP contribution in [-0.2, 0) is 16.0 Å². The number of rotatable bonds is 1. The van der Waals surface area contributed by atoms with Gasteiger partial charge >= 0.3 is 0 Å². The first-order valence-electron chi connectivity index (χ1n) is 6.97. The Morgan fingerprint density at radius 2 is 2.16 bits per heavy atom. The third-order valence-electron chi connectivity index (χ3n) is 4.08. The second-order valence-electron chi connectivity index (χ2n) is 5.50. The van der Waals surface area contributed by atoms with Gasteiger partial charge in [0.05, 0.1) is 6.61 Å². The van der Waals surface area contributed by atoms with Crippen LogP contribution in [0.4, 0.5) is 5.69 Å². The van der Waals surface area contributed by atoms with Gasteiger partial charge in [-0.1, -0.05) is 18.2 Å². The minimum atomic E-state index is -0.836. The predicted octanol–water partition coefficient (Wildman–Crippen LogP) is 1.47. The molecule has 19 heavy (non-hydrogen) atoms. The summed E-state index contributed by atoms with van der Waals surface area (Å²) in [4.78, 5) is 14.6. The van der Waals surface area contributed by atoms with Crippen LogP contribution in [0, 0.1) is 0 Å². The zero-order valence-electron chi connectivity index (χ0n) is 11.1. The van der Waals surface area contributed by atoms with Gasteiger partial charge in [0.15, 0.2) is 0 Å². The largest absolute Gasteiger partial charge is 0.379 e. The molecule has 0 bridgehead atoms. The van der Waals surface area contributed by atoms with Gasteiger partial charge < -0.3 is 15.4 Å². The highest BCUT2D eigenvalue weighted by Gasteiger charge is 2.42. The Balaban J connectivity index is 1.94. The fourth-order valence-electron chi connectivity index (χ4n) is 2.92. The van der Waals surface area contributed by atoms with Crippen LogP contribution < -0.4 is 10.6 Å². The van der Waals surface area contributed by atoms with Gasteiger partial charge in [0, 0.05) is 18.8 Å². The van der Waals surface area contributed by atoms with Crippen LogP contribution in [0.5, 0.6) is 0 Å². The minimum Gasteiger partial charge on any atom is -0.379 e. The van der Waals surface area contributed by atoms with Crippen molar-refractivity contribution in [3.05, 3.63) is 29.8 Å². The average Bonchev–Trinajstić information content (AvgIpc) is 2.76. The Morgan fingerprint density at radius 1 is 1.32 bits per heavy atom. The molecular weight excluding hydrogens is 240 g/mol. The van der Waals surface area contributed by atoms with Gasteiger partial charge in [-0.2, -0.15) is 0 Å². The maximum absolute atomic E-state index is 12.8. The van der Waals surface area contributed by atoms with Crippen LogP contribution >= 0.6 is 0 Å². The number of carbonyl (C=O) groups is 1. The summed E-state index contributed by atoms with van der Waals surface area (Å²) in [6.45, 7) is 1.68. The zero-order valence-corrected chi connectivity index (χ0v) is 11.1. The Hall–Kier alpha value is -1.39. The Morgan fingerprint density at radius 3 is 2.95 bits per heavy atom. The number of amides is 1. The molecule has 3 rings (SSSR count). The molecule has 1 aromatic rings. The van der Waals surface area contributed by atoms with Crippen molar-refractivity contribution in [1.29, 1.82) is 0 Å². The molecule has 0 saturated carbocycles. The molecule has 2 heterocycles. The first kappa shape index (κ1) is 12.6. The molecule has 0 aliphatic carbocycles. The van der Waals surface area contributed by atoms with E-state index in [2.05, 4.69) is 6.07 Å². The zero-order chi connectivity index (χ0) is 13.3. The number of hydrogen-bond donors (Lipinski definition) is 1. The molecule has 0 spiro atoms. The smallest absolute Gasteiger partial charge is 0.249 e. The molecule has 1 fully saturated rings. The van der Waals surface area contributed by atoms with Crippen LogP contribution in [0.2, 0.25) is 0 Å². The average molecular weight is 260 g/mol. The summed E-state index contributed by atoms with van der Waals surface area (Å²) in [7, 11) is 0. The number of hydrogen-bond acceptors (Lipinski definition) is 3. The van der Waals surface area contributed by atoms with Gasteiger partial charge in [0.2, 0.25) is 5.91 Å². The van der Waals surface area contributed by atoms with Gasteiger partial charge in [0.1, 0.15) is 5.54 Å². The molecule has 0 radical (unpaired) electrons. The first-order valence-corrected chi connectivity index (χ1v) is 6.97. The maximum Gasteiger partial charge on any atom is 0.249 e. The summed E-state index contributed by atoms with van der Waals surface area (Å²) in [6, 6.07) is 8.15. The third-order valence-corrected chi connectivity index (χ3v) is 4.08. The lowest BCUT2D eigenvalue weighted by molar-refractivity contribution is -0.123. The molecule has 1 unspecified atom stereocenters. The van der Waals surface area contributed by atoms with Crippen molar-refractivity contribution in [3.8, 4) is 0 Å². The van der Waals surface area contributed by atoms with Crippen molar-refractivity contribution in [2.24, 2.45) is 5.73 Å². The lowest BCUT2D eigenvalue weighted by Gasteiger charge is -2.30. The van der Waals surface area contributed by atoms with E-state index >= 15 is 0 Å². The standard InChI is InChI=1S/C15H20N2O2/c16-15(8-10-19-11-15)14(18)17-9-4-3-6-12-5-1-2-7-13(12)17/h1-2,5,7H,3-4,6,8-11,16H2. The first-order chi connectivity index (χ1) is 9.21. The van der Waals surface area contributed by atoms with E-state index in [1.54, 1.807) is 0 Å². The number of nitrogens with zero attached hydrogens (tertiary/aromatic N) is 1. The maximum atomic E-state index is 12.8. The normalized spacial score (nSPS) is 26.9. The lowest BCUT2D eigenvalue weighted by atomic mass is 9.97. The Kier molecular flexibility index (Phi) is 3.29. The number of ether oxygens (including phenoxy) is 1. The minimum absolute atomic E-state index is 0.0133. The van der Waals surface area contributed by atoms with E-state index in [1.165, 1.54) is 5.56 Å². The second-order valence-corrected chi connectivity index (χ2v) is 5.50. The van der Waals surface area contributed by atoms with Crippen LogP contribution in [0.25, 0.3) is 0 Å². The van der Waals surface area contributed by atoms with Gasteiger partial charge in [-0.15, -0.1) is 0 Å². The molecule has 1 aromatic carbocycles. The third kappa shape index (κ3) is 2.26. The van der Waals surface area contributed by atoms with E-state index in [1.807, 2.05) is 23.1 Å². The molecule has 2 aliphatic heterocycles. The number of anilines is 1. The molecule has 4 heteroatoms. The molecule has 0 aromatic heterocycles. The van der Waals surface area contributed by atoms with E-state index < -0.39 is 5.54 Å². The van der Waals surface area contributed by atoms with Gasteiger partial charge in [-0.05, 0) is 37.3 Å². The van der Waals surface area contributed by atoms with E-state index in [0.717, 1.165) is 31.5 Å². The number of fused-ring (bicyclic) bond motifs is 1. The number of aryl methyl sites for hydroxylation is 1. The SMILES string of the molecule is NC1(C(=O)N2CCCCc3ccccc32)CCOC1. The number of benzene rings is 1. The summed E-state index contributed by atoms with van der Waals surface area (Å²) in [5.74, 6) is 0.0133. The number of para-hydroxylation sites is 1. The molecule has 1 amide bonds. The van der Waals surface area contributed by atoms with E-state index in [4.69, 9.17) is 10.5 Å². The van der Waals surface area contributed by atoms with Crippen LogP contribution in [0.15, 0.2) is 24.3 Å². The summed E-state index contributed by atoms with van der Waals surface area (Å²) in [5.41, 5.74) is 7.67.